The van der Waals surface area contributed by atoms with E-state index in [-0.39, 0.29) is 30.5 Å². The van der Waals surface area contributed by atoms with Crippen LogP contribution in [0.15, 0.2) is 109 Å². The number of non-ortho nitro benzene ring substituents is 1. The number of aryl methyl sites for hydroxylation is 2. The van der Waals surface area contributed by atoms with Gasteiger partial charge in [-0.1, -0.05) is 72.8 Å². The van der Waals surface area contributed by atoms with Gasteiger partial charge in [0.2, 0.25) is 11.8 Å². The maximum absolute atomic E-state index is 13.0. The van der Waals surface area contributed by atoms with Gasteiger partial charge in [-0.05, 0) is 99.4 Å². The predicted molar refractivity (Wildman–Crippen MR) is 205 cm³/mol. The quantitative estimate of drug-likeness (QED) is 0.0610. The maximum Gasteiger partial charge on any atom is 0.307 e. The van der Waals surface area contributed by atoms with Gasteiger partial charge in [0.05, 0.1) is 17.9 Å². The number of hydrogen-bond acceptors (Lipinski definition) is 6. The molecule has 1 aromatic heterocycles. The number of ether oxygens (including phenoxy) is 1. The van der Waals surface area contributed by atoms with Gasteiger partial charge in [0, 0.05) is 41.7 Å². The standard InChI is InChI=1S/C33H39N3O6.C9H9N/c1-33(2,3)42-31(38)22-28(32(39)35-23-30(37)34-21-20-24-8-5-4-6-9-24)11-7-10-25-12-14-26(15-13-25)27-16-18-29(19-17-27)36(40)41;1-7-6-10-9-5-3-2-4-8(7)9/h4-6,8-9,12-19,28H,7,10-11,20-23H2,1-3H3,(H,34,37)(H,35,39);2-6,10H,1H3. The second kappa shape index (κ2) is 19.0. The van der Waals surface area contributed by atoms with Crippen molar-refractivity contribution in [3.63, 3.8) is 0 Å². The van der Waals surface area contributed by atoms with E-state index >= 15 is 0 Å². The number of carbonyl (C=O) groups excluding carboxylic acids is 3. The van der Waals surface area contributed by atoms with E-state index in [0.717, 1.165) is 22.3 Å². The number of aromatic nitrogens is 1. The molecule has 1 heterocycles. The van der Waals surface area contributed by atoms with Crippen molar-refractivity contribution in [3.05, 3.63) is 136 Å². The second-order valence-corrected chi connectivity index (χ2v) is 13.7. The first-order chi connectivity index (χ1) is 24.9. The summed E-state index contributed by atoms with van der Waals surface area (Å²) in [5.74, 6) is -1.73. The van der Waals surface area contributed by atoms with Crippen LogP contribution in [0.25, 0.3) is 22.0 Å². The molecule has 0 saturated carbocycles. The van der Waals surface area contributed by atoms with Crippen molar-refractivity contribution in [2.24, 2.45) is 5.92 Å². The molecule has 0 aliphatic rings. The Morgan fingerprint density at radius 1 is 0.808 bits per heavy atom. The Balaban J connectivity index is 0.000000513. The Morgan fingerprint density at radius 2 is 1.42 bits per heavy atom. The number of benzene rings is 4. The first-order valence-corrected chi connectivity index (χ1v) is 17.5. The molecule has 10 heteroatoms. The van der Waals surface area contributed by atoms with Gasteiger partial charge in [-0.3, -0.25) is 24.5 Å². The molecule has 0 aliphatic heterocycles. The number of amides is 2. The molecular weight excluding hydrogens is 656 g/mol. The van der Waals surface area contributed by atoms with E-state index in [2.05, 4.69) is 40.7 Å². The summed E-state index contributed by atoms with van der Waals surface area (Å²) in [6, 6.07) is 32.4. The minimum atomic E-state index is -0.665. The summed E-state index contributed by atoms with van der Waals surface area (Å²) in [6.07, 6.45) is 4.45. The molecule has 0 bridgehead atoms. The van der Waals surface area contributed by atoms with Crippen LogP contribution >= 0.6 is 0 Å². The zero-order valence-electron chi connectivity index (χ0n) is 30.3. The fourth-order valence-corrected chi connectivity index (χ4v) is 5.68. The van der Waals surface area contributed by atoms with E-state index < -0.39 is 22.4 Å². The number of fused-ring (bicyclic) bond motifs is 1. The van der Waals surface area contributed by atoms with Gasteiger partial charge < -0.3 is 20.4 Å². The van der Waals surface area contributed by atoms with Gasteiger partial charge in [0.1, 0.15) is 5.60 Å². The van der Waals surface area contributed by atoms with Crippen LogP contribution in [0.5, 0.6) is 0 Å². The average molecular weight is 705 g/mol. The zero-order valence-corrected chi connectivity index (χ0v) is 30.3. The van der Waals surface area contributed by atoms with Crippen LogP contribution in [0.1, 0.15) is 56.7 Å². The van der Waals surface area contributed by atoms with Crippen LogP contribution in [-0.2, 0) is 32.0 Å². The minimum Gasteiger partial charge on any atom is -0.460 e. The Hall–Kier alpha value is -5.77. The number of carbonyl (C=O) groups is 3. The highest BCUT2D eigenvalue weighted by Gasteiger charge is 2.25. The van der Waals surface area contributed by atoms with Gasteiger partial charge in [-0.15, -0.1) is 0 Å². The van der Waals surface area contributed by atoms with Gasteiger partial charge in [0.15, 0.2) is 0 Å². The molecule has 5 rings (SSSR count). The third kappa shape index (κ3) is 12.8. The van der Waals surface area contributed by atoms with Crippen LogP contribution in [0, 0.1) is 23.0 Å². The molecule has 1 atom stereocenters. The Labute approximate surface area is 305 Å². The van der Waals surface area contributed by atoms with Gasteiger partial charge in [-0.2, -0.15) is 0 Å². The fraction of sp³-hybridized carbons (Fsp3) is 0.310. The predicted octanol–water partition coefficient (Wildman–Crippen LogP) is 7.88. The van der Waals surface area contributed by atoms with Crippen LogP contribution in [0.3, 0.4) is 0 Å². The lowest BCUT2D eigenvalue weighted by atomic mass is 9.95. The Bertz CT molecular complexity index is 1910. The summed E-state index contributed by atoms with van der Waals surface area (Å²) in [7, 11) is 0. The summed E-state index contributed by atoms with van der Waals surface area (Å²) in [5.41, 5.74) is 5.92. The van der Waals surface area contributed by atoms with Gasteiger partial charge in [-0.25, -0.2) is 0 Å². The average Bonchev–Trinajstić information content (AvgIpc) is 3.51. The molecule has 5 aromatic rings. The second-order valence-electron chi connectivity index (χ2n) is 13.7. The summed E-state index contributed by atoms with van der Waals surface area (Å²) in [4.78, 5) is 51.5. The van der Waals surface area contributed by atoms with E-state index in [0.29, 0.717) is 32.2 Å². The molecule has 0 spiro atoms. The molecule has 0 saturated heterocycles. The molecule has 272 valence electrons. The third-order valence-electron chi connectivity index (χ3n) is 8.39. The number of esters is 1. The first kappa shape index (κ1) is 39.0. The smallest absolute Gasteiger partial charge is 0.307 e. The lowest BCUT2D eigenvalue weighted by Gasteiger charge is -2.22. The van der Waals surface area contributed by atoms with Crippen LogP contribution < -0.4 is 10.6 Å². The third-order valence-corrected chi connectivity index (χ3v) is 8.39. The molecular formula is C42H48N4O6. The van der Waals surface area contributed by atoms with Gasteiger partial charge in [0.25, 0.3) is 5.69 Å². The van der Waals surface area contributed by atoms with E-state index in [1.165, 1.54) is 28.6 Å². The van der Waals surface area contributed by atoms with E-state index in [4.69, 9.17) is 4.74 Å². The number of rotatable bonds is 14. The van der Waals surface area contributed by atoms with Gasteiger partial charge >= 0.3 is 5.97 Å². The lowest BCUT2D eigenvalue weighted by Crippen LogP contribution is -2.41. The number of aromatic amines is 1. The molecule has 0 fully saturated rings. The highest BCUT2D eigenvalue weighted by Crippen LogP contribution is 2.24. The van der Waals surface area contributed by atoms with Crippen LogP contribution in [0.2, 0.25) is 0 Å². The number of nitrogens with zero attached hydrogens (tertiary/aromatic N) is 1. The molecule has 2 amide bonds. The summed E-state index contributed by atoms with van der Waals surface area (Å²) < 4.78 is 5.44. The molecule has 0 aliphatic carbocycles. The summed E-state index contributed by atoms with van der Waals surface area (Å²) in [5, 5.41) is 17.7. The maximum atomic E-state index is 13.0. The number of nitrogens with one attached hydrogen (secondary N) is 3. The van der Waals surface area contributed by atoms with Crippen molar-refractivity contribution in [3.8, 4) is 11.1 Å². The molecule has 4 aromatic carbocycles. The van der Waals surface area contributed by atoms with Crippen molar-refractivity contribution >= 4 is 34.4 Å². The topological polar surface area (TPSA) is 143 Å². The number of nitro groups is 1. The van der Waals surface area contributed by atoms with Crippen LogP contribution in [0.4, 0.5) is 5.69 Å². The Kier molecular flexibility index (Phi) is 14.3. The first-order valence-electron chi connectivity index (χ1n) is 17.5. The lowest BCUT2D eigenvalue weighted by molar-refractivity contribution is -0.384. The highest BCUT2D eigenvalue weighted by molar-refractivity contribution is 5.88. The van der Waals surface area contributed by atoms with Crippen molar-refractivity contribution in [1.82, 2.24) is 15.6 Å². The number of para-hydroxylation sites is 1. The van der Waals surface area contributed by atoms with E-state index in [1.807, 2.05) is 66.9 Å². The monoisotopic (exact) mass is 704 g/mol. The minimum absolute atomic E-state index is 0.0454. The van der Waals surface area contributed by atoms with Crippen molar-refractivity contribution in [1.29, 1.82) is 0 Å². The largest absolute Gasteiger partial charge is 0.460 e. The van der Waals surface area contributed by atoms with E-state index in [9.17, 15) is 24.5 Å². The number of hydrogen-bond donors (Lipinski definition) is 3. The summed E-state index contributed by atoms with van der Waals surface area (Å²) in [6.45, 7) is 7.74. The fourth-order valence-electron chi connectivity index (χ4n) is 5.68. The zero-order chi connectivity index (χ0) is 37.5. The van der Waals surface area contributed by atoms with Crippen molar-refractivity contribution < 1.29 is 24.0 Å². The van der Waals surface area contributed by atoms with Crippen molar-refractivity contribution in [2.75, 3.05) is 13.1 Å². The Morgan fingerprint density at radius 3 is 2.06 bits per heavy atom. The highest BCUT2D eigenvalue weighted by atomic mass is 16.6. The van der Waals surface area contributed by atoms with E-state index in [1.54, 1.807) is 32.9 Å². The molecule has 3 N–H and O–H groups in total. The van der Waals surface area contributed by atoms with Crippen LogP contribution in [-0.4, -0.2) is 46.4 Å². The molecule has 10 nitrogen and oxygen atoms in total. The normalized spacial score (nSPS) is 11.5. The number of nitro benzene ring substituents is 1. The molecule has 1 unspecified atom stereocenters. The number of H-pyrrole nitrogens is 1. The molecule has 52 heavy (non-hydrogen) atoms. The molecule has 0 radical (unpaired) electrons. The summed E-state index contributed by atoms with van der Waals surface area (Å²) >= 11 is 0. The SMILES string of the molecule is CC(C)(C)OC(=O)CC(CCCc1ccc(-c2ccc([N+](=O)[O-])cc2)cc1)C(=O)NCC(=O)NCCc1ccccc1.Cc1c[nH]c2ccccc12. The van der Waals surface area contributed by atoms with Crippen molar-refractivity contribution in [2.45, 2.75) is 65.4 Å².